The van der Waals surface area contributed by atoms with Gasteiger partial charge in [0.15, 0.2) is 5.82 Å². The van der Waals surface area contributed by atoms with Crippen molar-refractivity contribution in [3.05, 3.63) is 35.8 Å². The molecule has 2 rings (SSSR count). The van der Waals surface area contributed by atoms with Gasteiger partial charge in [-0.2, -0.15) is 0 Å². The summed E-state index contributed by atoms with van der Waals surface area (Å²) >= 11 is 0. The number of rotatable bonds is 3. The second-order valence-electron chi connectivity index (χ2n) is 3.66. The van der Waals surface area contributed by atoms with Gasteiger partial charge in [0.1, 0.15) is 11.8 Å². The molecule has 1 aromatic heterocycles. The van der Waals surface area contributed by atoms with E-state index in [2.05, 4.69) is 5.32 Å². The third kappa shape index (κ3) is 2.02. The summed E-state index contributed by atoms with van der Waals surface area (Å²) in [5.41, 5.74) is 1.36. The maximum absolute atomic E-state index is 13.3. The molecular weight excluding hydrogens is 193 g/mol. The molecule has 1 atom stereocenters. The van der Waals surface area contributed by atoms with Crippen molar-refractivity contribution in [1.29, 1.82) is 0 Å². The van der Waals surface area contributed by atoms with Crippen LogP contribution >= 0.6 is 0 Å². The van der Waals surface area contributed by atoms with E-state index in [1.165, 1.54) is 0 Å². The minimum Gasteiger partial charge on any atom is -0.461 e. The topological polar surface area (TPSA) is 25.2 Å². The van der Waals surface area contributed by atoms with Crippen molar-refractivity contribution >= 4 is 11.0 Å². The largest absolute Gasteiger partial charge is 0.461 e. The van der Waals surface area contributed by atoms with Gasteiger partial charge < -0.3 is 9.73 Å². The van der Waals surface area contributed by atoms with Crippen LogP contribution in [-0.2, 0) is 6.42 Å². The Balaban J connectivity index is 2.14. The molecule has 0 aliphatic carbocycles. The van der Waals surface area contributed by atoms with Crippen molar-refractivity contribution < 1.29 is 12.9 Å². The van der Waals surface area contributed by atoms with Crippen LogP contribution in [0.1, 0.15) is 16.6 Å². The number of hydrogen-bond donors (Lipinski definition) is 1. The normalized spacial score (nSPS) is 17.1. The first-order valence-corrected chi connectivity index (χ1v) is 4.78. The van der Waals surface area contributed by atoms with Gasteiger partial charge in [-0.1, -0.05) is 6.07 Å². The van der Waals surface area contributed by atoms with Crippen molar-refractivity contribution in [2.45, 2.75) is 19.4 Å². The zero-order valence-electron chi connectivity index (χ0n) is 11.4. The molecule has 0 spiro atoms. The zero-order chi connectivity index (χ0) is 13.3. The van der Waals surface area contributed by atoms with Gasteiger partial charge in [0.05, 0.1) is 5.39 Å². The van der Waals surface area contributed by atoms with Crippen molar-refractivity contribution in [1.82, 2.24) is 5.32 Å². The van der Waals surface area contributed by atoms with Gasteiger partial charge in [-0.05, 0) is 38.0 Å². The van der Waals surface area contributed by atoms with Crippen LogP contribution < -0.4 is 5.32 Å². The number of nitrogens with one attached hydrogen (secondary N) is 1. The summed E-state index contributed by atoms with van der Waals surface area (Å²) in [4.78, 5) is 0. The predicted molar refractivity (Wildman–Crippen MR) is 58.4 cm³/mol. The van der Waals surface area contributed by atoms with E-state index in [0.717, 1.165) is 11.8 Å². The summed E-state index contributed by atoms with van der Waals surface area (Å²) in [6, 6.07) is 4.97. The number of fused-ring (bicyclic) bond motifs is 1. The summed E-state index contributed by atoms with van der Waals surface area (Å²) in [6.07, 6.45) is 1.58. The standard InChI is InChI=1S/C12H14FNO/c1-8(14-2)5-9-3-4-12-10(6-9)11(13)7-15-12/h3-4,6-8,14H,5H2,1-2H3/i2D3. The fourth-order valence-corrected chi connectivity index (χ4v) is 1.58. The van der Waals surface area contributed by atoms with E-state index in [1.807, 2.05) is 6.07 Å². The average Bonchev–Trinajstić information content (AvgIpc) is 2.57. The number of furan rings is 1. The van der Waals surface area contributed by atoms with E-state index in [9.17, 15) is 4.39 Å². The van der Waals surface area contributed by atoms with Crippen LogP contribution in [0.4, 0.5) is 4.39 Å². The number of halogens is 1. The molecule has 0 radical (unpaired) electrons. The molecule has 0 fully saturated rings. The lowest BCUT2D eigenvalue weighted by Crippen LogP contribution is -2.23. The quantitative estimate of drug-likeness (QED) is 0.842. The predicted octanol–water partition coefficient (Wildman–Crippen LogP) is 2.72. The highest BCUT2D eigenvalue weighted by molar-refractivity contribution is 5.78. The Morgan fingerprint density at radius 2 is 2.47 bits per heavy atom. The minimum absolute atomic E-state index is 0.218. The number of hydrogen-bond acceptors (Lipinski definition) is 2. The SMILES string of the molecule is [2H]C([2H])([2H])NC(C)Cc1ccc2occ(F)c2c1. The van der Waals surface area contributed by atoms with Crippen molar-refractivity contribution in [2.75, 3.05) is 6.98 Å². The zero-order valence-corrected chi connectivity index (χ0v) is 8.38. The van der Waals surface area contributed by atoms with E-state index in [1.54, 1.807) is 19.1 Å². The molecule has 0 amide bonds. The third-order valence-electron chi connectivity index (χ3n) is 2.38. The molecule has 0 saturated carbocycles. The van der Waals surface area contributed by atoms with Gasteiger partial charge in [0, 0.05) is 10.2 Å². The molecule has 3 heteroatoms. The molecule has 80 valence electrons. The maximum atomic E-state index is 13.3. The van der Waals surface area contributed by atoms with Crippen LogP contribution in [0.5, 0.6) is 0 Å². The van der Waals surface area contributed by atoms with E-state index < -0.39 is 12.8 Å². The van der Waals surface area contributed by atoms with Gasteiger partial charge >= 0.3 is 0 Å². The molecule has 2 aromatic rings. The lowest BCUT2D eigenvalue weighted by molar-refractivity contribution is 0.558. The van der Waals surface area contributed by atoms with Crippen molar-refractivity contribution in [3.63, 3.8) is 0 Å². The summed E-state index contributed by atoms with van der Waals surface area (Å²) in [6.45, 7) is -0.382. The minimum atomic E-state index is -2.16. The lowest BCUT2D eigenvalue weighted by Gasteiger charge is -2.09. The molecule has 0 saturated heterocycles. The fraction of sp³-hybridized carbons (Fsp3) is 0.333. The van der Waals surface area contributed by atoms with E-state index in [4.69, 9.17) is 8.53 Å². The molecular formula is C12H14FNO. The number of likely N-dealkylation sites (N-methyl/N-ethyl adjacent to an activating group) is 1. The van der Waals surface area contributed by atoms with Gasteiger partial charge in [-0.25, -0.2) is 4.39 Å². The highest BCUT2D eigenvalue weighted by atomic mass is 19.1. The van der Waals surface area contributed by atoms with Gasteiger partial charge in [-0.3, -0.25) is 0 Å². The van der Waals surface area contributed by atoms with Crippen molar-refractivity contribution in [2.24, 2.45) is 0 Å². The Bertz CT molecular complexity index is 550. The Morgan fingerprint density at radius 1 is 1.60 bits per heavy atom. The van der Waals surface area contributed by atoms with E-state index in [0.29, 0.717) is 17.4 Å². The summed E-state index contributed by atoms with van der Waals surface area (Å²) in [7, 11) is 0. The lowest BCUT2D eigenvalue weighted by atomic mass is 10.1. The average molecular weight is 210 g/mol. The highest BCUT2D eigenvalue weighted by Crippen LogP contribution is 2.21. The fourth-order valence-electron chi connectivity index (χ4n) is 1.58. The van der Waals surface area contributed by atoms with Crippen molar-refractivity contribution in [3.8, 4) is 0 Å². The summed E-state index contributed by atoms with van der Waals surface area (Å²) in [5, 5.41) is 2.93. The van der Waals surface area contributed by atoms with Gasteiger partial charge in [-0.15, -0.1) is 0 Å². The number of benzene rings is 1. The second kappa shape index (κ2) is 4.03. The summed E-state index contributed by atoms with van der Waals surface area (Å²) in [5.74, 6) is -0.400. The van der Waals surface area contributed by atoms with Crippen LogP contribution in [0.15, 0.2) is 28.9 Å². The summed E-state index contributed by atoms with van der Waals surface area (Å²) < 4.78 is 39.7. The first-order valence-electron chi connectivity index (χ1n) is 6.28. The Hall–Kier alpha value is -1.35. The molecule has 1 N–H and O–H groups in total. The first kappa shape index (κ1) is 7.01. The Kier molecular flexibility index (Phi) is 1.88. The van der Waals surface area contributed by atoms with Crippen LogP contribution in [-0.4, -0.2) is 13.0 Å². The monoisotopic (exact) mass is 210 g/mol. The van der Waals surface area contributed by atoms with Crippen LogP contribution in [0.3, 0.4) is 0 Å². The van der Waals surface area contributed by atoms with E-state index in [-0.39, 0.29) is 6.04 Å². The Labute approximate surface area is 92.3 Å². The van der Waals surface area contributed by atoms with Crippen LogP contribution in [0, 0.1) is 5.82 Å². The second-order valence-corrected chi connectivity index (χ2v) is 3.66. The Morgan fingerprint density at radius 3 is 3.27 bits per heavy atom. The van der Waals surface area contributed by atoms with Gasteiger partial charge in [0.25, 0.3) is 0 Å². The molecule has 2 nitrogen and oxygen atoms in total. The van der Waals surface area contributed by atoms with Crippen LogP contribution in [0.25, 0.3) is 11.0 Å². The smallest absolute Gasteiger partial charge is 0.169 e. The van der Waals surface area contributed by atoms with E-state index >= 15 is 0 Å². The maximum Gasteiger partial charge on any atom is 0.169 e. The van der Waals surface area contributed by atoms with Crippen LogP contribution in [0.2, 0.25) is 0 Å². The molecule has 1 heterocycles. The molecule has 1 aromatic carbocycles. The highest BCUT2D eigenvalue weighted by Gasteiger charge is 2.07. The first-order chi connectivity index (χ1) is 8.35. The molecule has 0 aliphatic heterocycles. The molecule has 1 unspecified atom stereocenters. The molecule has 15 heavy (non-hydrogen) atoms. The molecule has 0 aliphatic rings. The van der Waals surface area contributed by atoms with Gasteiger partial charge in [0.2, 0.25) is 0 Å². The molecule has 0 bridgehead atoms. The third-order valence-corrected chi connectivity index (χ3v) is 2.38.